The lowest BCUT2D eigenvalue weighted by Gasteiger charge is -2.06. The summed E-state index contributed by atoms with van der Waals surface area (Å²) >= 11 is 0. The van der Waals surface area contributed by atoms with Gasteiger partial charge >= 0.3 is 0 Å². The summed E-state index contributed by atoms with van der Waals surface area (Å²) in [5, 5.41) is 3.93. The van der Waals surface area contributed by atoms with E-state index in [4.69, 9.17) is 10.3 Å². The topological polar surface area (TPSA) is 64.9 Å². The van der Waals surface area contributed by atoms with Crippen molar-refractivity contribution in [2.24, 2.45) is 0 Å². The number of nitrogen functional groups attached to an aromatic ring is 1. The van der Waals surface area contributed by atoms with Gasteiger partial charge in [-0.05, 0) is 29.7 Å². The lowest BCUT2D eigenvalue weighted by molar-refractivity contribution is 0.436. The Hall–Kier alpha value is -2.62. The molecule has 1 aromatic carbocycles. The molecule has 0 atom stereocenters. The Bertz CT molecular complexity index is 720. The first-order valence-corrected chi connectivity index (χ1v) is 6.55. The molecule has 0 aliphatic carbocycles. The predicted molar refractivity (Wildman–Crippen MR) is 79.0 cm³/mol. The molecule has 0 amide bonds. The number of aryl methyl sites for hydroxylation is 1. The molecule has 0 aliphatic rings. The number of pyridine rings is 1. The Morgan fingerprint density at radius 2 is 1.85 bits per heavy atom. The van der Waals surface area contributed by atoms with Crippen molar-refractivity contribution < 1.29 is 4.52 Å². The largest absolute Gasteiger partial charge is 0.380 e. The van der Waals surface area contributed by atoms with Crippen molar-refractivity contribution in [1.29, 1.82) is 0 Å². The fourth-order valence-corrected chi connectivity index (χ4v) is 2.33. The van der Waals surface area contributed by atoms with Crippen molar-refractivity contribution in [1.82, 2.24) is 10.1 Å². The maximum Gasteiger partial charge on any atom is 0.177 e. The smallest absolute Gasteiger partial charge is 0.177 e. The van der Waals surface area contributed by atoms with E-state index in [0.29, 0.717) is 11.6 Å². The van der Waals surface area contributed by atoms with Crippen LogP contribution in [-0.2, 0) is 6.42 Å². The molecule has 0 spiro atoms. The molecule has 3 rings (SSSR count). The molecule has 0 fully saturated rings. The lowest BCUT2D eigenvalue weighted by atomic mass is 9.97. The summed E-state index contributed by atoms with van der Waals surface area (Å²) in [5.74, 6) is 1.11. The van der Waals surface area contributed by atoms with Crippen LogP contribution in [0.2, 0.25) is 0 Å². The molecule has 4 nitrogen and oxygen atoms in total. The second kappa shape index (κ2) is 5.17. The number of anilines is 1. The second-order valence-electron chi connectivity index (χ2n) is 4.52. The van der Waals surface area contributed by atoms with E-state index < -0.39 is 0 Å². The highest BCUT2D eigenvalue weighted by Crippen LogP contribution is 2.37. The molecule has 0 saturated carbocycles. The molecular formula is C16H15N3O. The van der Waals surface area contributed by atoms with E-state index >= 15 is 0 Å². The van der Waals surface area contributed by atoms with E-state index in [1.54, 1.807) is 12.4 Å². The van der Waals surface area contributed by atoms with E-state index in [1.807, 2.05) is 30.3 Å². The monoisotopic (exact) mass is 265 g/mol. The summed E-state index contributed by atoms with van der Waals surface area (Å²) in [6.07, 6.45) is 4.39. The van der Waals surface area contributed by atoms with Gasteiger partial charge in [-0.2, -0.15) is 0 Å². The average molecular weight is 265 g/mol. The third-order valence-electron chi connectivity index (χ3n) is 3.33. The van der Waals surface area contributed by atoms with Gasteiger partial charge in [-0.1, -0.05) is 36.3 Å². The van der Waals surface area contributed by atoms with Gasteiger partial charge < -0.3 is 10.3 Å². The van der Waals surface area contributed by atoms with E-state index in [-0.39, 0.29) is 0 Å². The van der Waals surface area contributed by atoms with E-state index in [9.17, 15) is 0 Å². The zero-order chi connectivity index (χ0) is 13.9. The zero-order valence-corrected chi connectivity index (χ0v) is 11.2. The Balaban J connectivity index is 2.22. The zero-order valence-electron chi connectivity index (χ0n) is 11.2. The van der Waals surface area contributed by atoms with Crippen LogP contribution in [0.1, 0.15) is 12.5 Å². The normalized spacial score (nSPS) is 10.7. The molecule has 0 saturated heterocycles. The summed E-state index contributed by atoms with van der Waals surface area (Å²) in [6, 6.07) is 11.9. The molecule has 2 aromatic heterocycles. The molecule has 2 heterocycles. The Labute approximate surface area is 117 Å². The van der Waals surface area contributed by atoms with E-state index in [0.717, 1.165) is 23.1 Å². The molecule has 0 aliphatic heterocycles. The SMILES string of the molecule is CCc1ccccc1-c1onc(N)c1-c1ccncc1. The Morgan fingerprint density at radius 3 is 2.60 bits per heavy atom. The number of hydrogen-bond donors (Lipinski definition) is 1. The van der Waals surface area contributed by atoms with Gasteiger partial charge in [0, 0.05) is 18.0 Å². The number of rotatable bonds is 3. The maximum atomic E-state index is 5.98. The first-order chi connectivity index (χ1) is 9.81. The average Bonchev–Trinajstić information content (AvgIpc) is 2.89. The fourth-order valence-electron chi connectivity index (χ4n) is 2.33. The number of hydrogen-bond acceptors (Lipinski definition) is 4. The van der Waals surface area contributed by atoms with Crippen LogP contribution in [0, 0.1) is 0 Å². The number of benzene rings is 1. The molecular weight excluding hydrogens is 250 g/mol. The fraction of sp³-hybridized carbons (Fsp3) is 0.125. The molecule has 0 bridgehead atoms. The molecule has 20 heavy (non-hydrogen) atoms. The van der Waals surface area contributed by atoms with Crippen LogP contribution in [0.25, 0.3) is 22.5 Å². The lowest BCUT2D eigenvalue weighted by Crippen LogP contribution is -1.91. The van der Waals surface area contributed by atoms with Crippen LogP contribution in [0.5, 0.6) is 0 Å². The summed E-state index contributed by atoms with van der Waals surface area (Å²) < 4.78 is 5.48. The van der Waals surface area contributed by atoms with Gasteiger partial charge in [0.25, 0.3) is 0 Å². The molecule has 2 N–H and O–H groups in total. The third kappa shape index (κ3) is 2.05. The summed E-state index contributed by atoms with van der Waals surface area (Å²) in [5.41, 5.74) is 10.0. The van der Waals surface area contributed by atoms with Crippen LogP contribution in [-0.4, -0.2) is 10.1 Å². The second-order valence-corrected chi connectivity index (χ2v) is 4.52. The van der Waals surface area contributed by atoms with E-state index in [2.05, 4.69) is 23.1 Å². The Kier molecular flexibility index (Phi) is 3.21. The van der Waals surface area contributed by atoms with Crippen molar-refractivity contribution >= 4 is 5.82 Å². The standard InChI is InChI=1S/C16H15N3O/c1-2-11-5-3-4-6-13(11)15-14(16(17)19-20-15)12-7-9-18-10-8-12/h3-10H,2H2,1H3,(H2,17,19). The summed E-state index contributed by atoms with van der Waals surface area (Å²) in [6.45, 7) is 2.12. The number of nitrogens with two attached hydrogens (primary N) is 1. The first kappa shape index (κ1) is 12.4. The van der Waals surface area contributed by atoms with Crippen LogP contribution in [0.15, 0.2) is 53.3 Å². The minimum atomic E-state index is 0.400. The molecule has 4 heteroatoms. The summed E-state index contributed by atoms with van der Waals surface area (Å²) in [7, 11) is 0. The van der Waals surface area contributed by atoms with Crippen molar-refractivity contribution in [2.75, 3.05) is 5.73 Å². The van der Waals surface area contributed by atoms with Gasteiger partial charge in [-0.3, -0.25) is 4.98 Å². The van der Waals surface area contributed by atoms with Crippen LogP contribution < -0.4 is 5.73 Å². The number of nitrogens with zero attached hydrogens (tertiary/aromatic N) is 2. The Morgan fingerprint density at radius 1 is 1.10 bits per heavy atom. The van der Waals surface area contributed by atoms with Crippen LogP contribution in [0.3, 0.4) is 0 Å². The van der Waals surface area contributed by atoms with Gasteiger partial charge in [0.2, 0.25) is 0 Å². The molecule has 3 aromatic rings. The van der Waals surface area contributed by atoms with Gasteiger partial charge in [-0.25, -0.2) is 0 Å². The van der Waals surface area contributed by atoms with Crippen LogP contribution >= 0.6 is 0 Å². The minimum Gasteiger partial charge on any atom is -0.380 e. The van der Waals surface area contributed by atoms with Crippen molar-refractivity contribution in [3.05, 3.63) is 54.4 Å². The van der Waals surface area contributed by atoms with Gasteiger partial charge in [0.1, 0.15) is 0 Å². The molecule has 0 radical (unpaired) electrons. The van der Waals surface area contributed by atoms with Gasteiger partial charge in [0.15, 0.2) is 11.6 Å². The predicted octanol–water partition coefficient (Wildman–Crippen LogP) is 3.55. The van der Waals surface area contributed by atoms with Crippen LogP contribution in [0.4, 0.5) is 5.82 Å². The van der Waals surface area contributed by atoms with Crippen molar-refractivity contribution in [3.8, 4) is 22.5 Å². The van der Waals surface area contributed by atoms with E-state index in [1.165, 1.54) is 5.56 Å². The van der Waals surface area contributed by atoms with Crippen molar-refractivity contribution in [2.45, 2.75) is 13.3 Å². The number of aromatic nitrogens is 2. The highest BCUT2D eigenvalue weighted by molar-refractivity contribution is 5.87. The molecule has 100 valence electrons. The third-order valence-corrected chi connectivity index (χ3v) is 3.33. The minimum absolute atomic E-state index is 0.400. The maximum absolute atomic E-state index is 5.98. The quantitative estimate of drug-likeness (QED) is 0.786. The summed E-state index contributed by atoms with van der Waals surface area (Å²) in [4.78, 5) is 4.03. The van der Waals surface area contributed by atoms with Crippen molar-refractivity contribution in [3.63, 3.8) is 0 Å². The highest BCUT2D eigenvalue weighted by atomic mass is 16.5. The van der Waals surface area contributed by atoms with Gasteiger partial charge in [0.05, 0.1) is 5.56 Å². The first-order valence-electron chi connectivity index (χ1n) is 6.55. The molecule has 0 unspecified atom stereocenters. The van der Waals surface area contributed by atoms with Gasteiger partial charge in [-0.15, -0.1) is 0 Å². The highest BCUT2D eigenvalue weighted by Gasteiger charge is 2.19.